The predicted octanol–water partition coefficient (Wildman–Crippen LogP) is 1.15. The Morgan fingerprint density at radius 2 is 1.00 bits per heavy atom. The van der Waals surface area contributed by atoms with E-state index in [1.54, 1.807) is 6.26 Å². The van der Waals surface area contributed by atoms with Crippen LogP contribution in [0, 0.1) is 0 Å². The summed E-state index contributed by atoms with van der Waals surface area (Å²) in [6, 6.07) is 0. The Kier molecular flexibility index (Phi) is 2780. The highest BCUT2D eigenvalue weighted by Crippen LogP contribution is 1.31. The maximum absolute atomic E-state index is 4.50. The topological polar surface area (TPSA) is 26.0 Å². The van der Waals surface area contributed by atoms with Crippen molar-refractivity contribution in [2.24, 2.45) is 5.73 Å². The zero-order chi connectivity index (χ0) is 6.00. The van der Waals surface area contributed by atoms with Crippen molar-refractivity contribution in [3.8, 4) is 0 Å². The molecule has 0 aromatic heterocycles. The van der Waals surface area contributed by atoms with Gasteiger partial charge in [0.25, 0.3) is 0 Å². The second-order valence-corrected chi connectivity index (χ2v) is 0. The minimum atomic E-state index is 1.50. The van der Waals surface area contributed by atoms with Gasteiger partial charge in [0.15, 0.2) is 0 Å². The van der Waals surface area contributed by atoms with E-state index in [0.29, 0.717) is 0 Å². The van der Waals surface area contributed by atoms with Crippen LogP contribution in [-0.2, 0) is 0 Å². The summed E-state index contributed by atoms with van der Waals surface area (Å²) in [6.45, 7) is 4.00. The number of thiol groups is 1. The zero-order valence-electron chi connectivity index (χ0n) is 5.02. The molecule has 0 aliphatic carbocycles. The Labute approximate surface area is 46.3 Å². The van der Waals surface area contributed by atoms with Crippen molar-refractivity contribution < 1.29 is 0 Å². The molecule has 0 amide bonds. The molecular weight excluding hydrogens is 94.1 g/mol. The Hall–Kier alpha value is 0.310. The summed E-state index contributed by atoms with van der Waals surface area (Å²) in [7, 11) is 1.50. The van der Waals surface area contributed by atoms with Crippen molar-refractivity contribution in [2.75, 3.05) is 13.3 Å². The van der Waals surface area contributed by atoms with Crippen LogP contribution >= 0.6 is 12.6 Å². The van der Waals surface area contributed by atoms with Crippen LogP contribution in [0.15, 0.2) is 0 Å². The molecule has 1 nitrogen and oxygen atoms in total. The first-order valence-corrected chi connectivity index (χ1v) is 2.92. The largest absolute Gasteiger partial charge is 0.333 e. The van der Waals surface area contributed by atoms with E-state index in [1.807, 2.05) is 13.8 Å². The first-order chi connectivity index (χ1) is 3.00. The third-order valence-corrected chi connectivity index (χ3v) is 0. The third-order valence-electron chi connectivity index (χ3n) is 0. The molecule has 2 N–H and O–H groups in total. The highest BCUT2D eigenvalue weighted by molar-refractivity contribution is 7.79. The van der Waals surface area contributed by atoms with Gasteiger partial charge in [0.2, 0.25) is 0 Å². The van der Waals surface area contributed by atoms with Crippen LogP contribution in [0.5, 0.6) is 0 Å². The standard InChI is InChI=1S/C2H6.CH5N.CH4S/c3*1-2/h1-2H3;2H2,1H3;2H,1H3. The van der Waals surface area contributed by atoms with Crippen molar-refractivity contribution in [1.29, 1.82) is 0 Å². The number of nitrogens with two attached hydrogens (primary N) is 1. The lowest BCUT2D eigenvalue weighted by molar-refractivity contribution is 1.48. The fourth-order valence-corrected chi connectivity index (χ4v) is 0. The van der Waals surface area contributed by atoms with Gasteiger partial charge >= 0.3 is 0 Å². The van der Waals surface area contributed by atoms with Gasteiger partial charge in [-0.15, -0.1) is 0 Å². The first kappa shape index (κ1) is 16.2. The van der Waals surface area contributed by atoms with Crippen LogP contribution in [0.3, 0.4) is 0 Å². The SMILES string of the molecule is CC.CN.CS. The van der Waals surface area contributed by atoms with Crippen molar-refractivity contribution in [3.63, 3.8) is 0 Å². The maximum atomic E-state index is 4.50. The van der Waals surface area contributed by atoms with E-state index in [1.165, 1.54) is 7.05 Å². The average Bonchev–Trinajstić information content (AvgIpc) is 1.81. The van der Waals surface area contributed by atoms with E-state index in [4.69, 9.17) is 0 Å². The van der Waals surface area contributed by atoms with Gasteiger partial charge in [-0.2, -0.15) is 12.6 Å². The Morgan fingerprint density at radius 3 is 1.00 bits per heavy atom. The molecule has 0 saturated carbocycles. The Balaban J connectivity index is -0.0000000225. The van der Waals surface area contributed by atoms with Crippen LogP contribution in [0.4, 0.5) is 0 Å². The molecule has 0 aromatic carbocycles. The van der Waals surface area contributed by atoms with Crippen molar-refractivity contribution >= 4 is 12.6 Å². The summed E-state index contributed by atoms with van der Waals surface area (Å²) in [4.78, 5) is 0. The van der Waals surface area contributed by atoms with Crippen LogP contribution < -0.4 is 5.73 Å². The quantitative estimate of drug-likeness (QED) is 0.448. The molecule has 42 valence electrons. The van der Waals surface area contributed by atoms with E-state index in [9.17, 15) is 0 Å². The predicted molar refractivity (Wildman–Crippen MR) is 36.4 cm³/mol. The second kappa shape index (κ2) is 1030. The van der Waals surface area contributed by atoms with E-state index in [-0.39, 0.29) is 0 Å². The molecule has 0 atom stereocenters. The summed E-state index contributed by atoms with van der Waals surface area (Å²) in [5.41, 5.74) is 4.50. The van der Waals surface area contributed by atoms with Gasteiger partial charge in [-0.1, -0.05) is 13.8 Å². The van der Waals surface area contributed by atoms with Crippen LogP contribution in [0.25, 0.3) is 0 Å². The lowest BCUT2D eigenvalue weighted by Crippen LogP contribution is -1.69. The minimum absolute atomic E-state index is 1.50. The molecule has 0 aromatic rings. The van der Waals surface area contributed by atoms with Crippen LogP contribution in [0.1, 0.15) is 13.8 Å². The van der Waals surface area contributed by atoms with Crippen molar-refractivity contribution in [1.82, 2.24) is 0 Å². The molecule has 0 radical (unpaired) electrons. The smallest absolute Gasteiger partial charge is 0.0195 e. The normalized spacial score (nSPS) is 3.00. The Morgan fingerprint density at radius 1 is 1.00 bits per heavy atom. The van der Waals surface area contributed by atoms with Crippen LogP contribution in [-0.4, -0.2) is 13.3 Å². The maximum Gasteiger partial charge on any atom is -0.0195 e. The van der Waals surface area contributed by atoms with Gasteiger partial charge in [-0.05, 0) is 13.3 Å². The van der Waals surface area contributed by atoms with Gasteiger partial charge in [0.1, 0.15) is 0 Å². The molecule has 0 unspecified atom stereocenters. The first-order valence-electron chi connectivity index (χ1n) is 2.02. The molecule has 0 fully saturated rings. The minimum Gasteiger partial charge on any atom is -0.333 e. The van der Waals surface area contributed by atoms with E-state index < -0.39 is 0 Å². The number of rotatable bonds is 0. The molecule has 0 aliphatic heterocycles. The van der Waals surface area contributed by atoms with Gasteiger partial charge in [0, 0.05) is 0 Å². The van der Waals surface area contributed by atoms with Crippen molar-refractivity contribution in [3.05, 3.63) is 0 Å². The van der Waals surface area contributed by atoms with E-state index in [0.717, 1.165) is 0 Å². The molecule has 0 rings (SSSR count). The molecular formula is C4H15NS. The van der Waals surface area contributed by atoms with Gasteiger partial charge in [-0.25, -0.2) is 0 Å². The molecule has 2 heteroatoms. The average molecular weight is 109 g/mol. The molecule has 0 bridgehead atoms. The molecule has 0 aliphatic rings. The number of hydrogen-bond donors (Lipinski definition) is 2. The van der Waals surface area contributed by atoms with Crippen molar-refractivity contribution in [2.45, 2.75) is 13.8 Å². The van der Waals surface area contributed by atoms with Gasteiger partial charge in [0.05, 0.1) is 0 Å². The third kappa shape index (κ3) is 491. The fourth-order valence-electron chi connectivity index (χ4n) is 0. The molecule has 0 spiro atoms. The summed E-state index contributed by atoms with van der Waals surface area (Å²) in [6.07, 6.45) is 1.69. The summed E-state index contributed by atoms with van der Waals surface area (Å²) in [5.74, 6) is 0. The lowest BCUT2D eigenvalue weighted by atomic mass is 11.0. The second-order valence-electron chi connectivity index (χ2n) is 0. The van der Waals surface area contributed by atoms with Gasteiger partial charge in [-0.3, -0.25) is 0 Å². The van der Waals surface area contributed by atoms with Gasteiger partial charge < -0.3 is 5.73 Å². The fraction of sp³-hybridized carbons (Fsp3) is 1.00. The highest BCUT2D eigenvalue weighted by Gasteiger charge is 0.932. The monoisotopic (exact) mass is 109 g/mol. The highest BCUT2D eigenvalue weighted by atomic mass is 32.1. The Bertz CT molecular complexity index is 7.51. The molecule has 0 saturated heterocycles. The summed E-state index contributed by atoms with van der Waals surface area (Å²) < 4.78 is 0. The molecule has 0 heterocycles. The summed E-state index contributed by atoms with van der Waals surface area (Å²) in [5, 5.41) is 0. The zero-order valence-corrected chi connectivity index (χ0v) is 5.92. The van der Waals surface area contributed by atoms with Crippen LogP contribution in [0.2, 0.25) is 0 Å². The lowest BCUT2D eigenvalue weighted by Gasteiger charge is -1.19. The van der Waals surface area contributed by atoms with E-state index >= 15 is 0 Å². The number of hydrogen-bond acceptors (Lipinski definition) is 2. The summed E-state index contributed by atoms with van der Waals surface area (Å²) >= 11 is 3.53. The molecule has 6 heavy (non-hydrogen) atoms. The van der Waals surface area contributed by atoms with E-state index in [2.05, 4.69) is 18.4 Å².